The minimum absolute atomic E-state index is 0.138. The molecule has 1 fully saturated rings. The molecule has 1 saturated heterocycles. The second-order valence-corrected chi connectivity index (χ2v) is 4.87. The van der Waals surface area contributed by atoms with Gasteiger partial charge in [-0.1, -0.05) is 30.9 Å². The summed E-state index contributed by atoms with van der Waals surface area (Å²) in [6.45, 7) is 6.74. The molecular formula is C16H18F2O2. The smallest absolute Gasteiger partial charge is 0.184 e. The zero-order valence-corrected chi connectivity index (χ0v) is 11.3. The largest absolute Gasteiger partial charge is 0.345 e. The number of ether oxygens (including phenoxy) is 2. The summed E-state index contributed by atoms with van der Waals surface area (Å²) in [7, 11) is 0. The van der Waals surface area contributed by atoms with E-state index in [0.717, 1.165) is 6.42 Å². The summed E-state index contributed by atoms with van der Waals surface area (Å²) >= 11 is 0. The lowest BCUT2D eigenvalue weighted by Gasteiger charge is -2.32. The first-order valence-corrected chi connectivity index (χ1v) is 6.53. The highest BCUT2D eigenvalue weighted by molar-refractivity contribution is 5.26. The van der Waals surface area contributed by atoms with Crippen LogP contribution in [0.5, 0.6) is 0 Å². The fourth-order valence-corrected chi connectivity index (χ4v) is 2.00. The van der Waals surface area contributed by atoms with Gasteiger partial charge in [-0.2, -0.15) is 0 Å². The first-order chi connectivity index (χ1) is 9.58. The number of rotatable bonds is 5. The van der Waals surface area contributed by atoms with E-state index in [-0.39, 0.29) is 19.0 Å². The van der Waals surface area contributed by atoms with Crippen LogP contribution in [0.1, 0.15) is 23.8 Å². The Kier molecular flexibility index (Phi) is 4.68. The fourth-order valence-electron chi connectivity index (χ4n) is 2.00. The molecule has 20 heavy (non-hydrogen) atoms. The third kappa shape index (κ3) is 3.32. The van der Waals surface area contributed by atoms with Gasteiger partial charge in [-0.15, -0.1) is 6.58 Å². The molecule has 108 valence electrons. The Morgan fingerprint density at radius 3 is 2.55 bits per heavy atom. The average Bonchev–Trinajstić information content (AvgIpc) is 2.47. The highest BCUT2D eigenvalue weighted by atomic mass is 19.1. The predicted octanol–water partition coefficient (Wildman–Crippen LogP) is 3.88. The summed E-state index contributed by atoms with van der Waals surface area (Å²) in [5.74, 6) is -0.308. The molecule has 0 N–H and O–H groups in total. The van der Waals surface area contributed by atoms with Gasteiger partial charge in [0, 0.05) is 5.56 Å². The van der Waals surface area contributed by atoms with Crippen LogP contribution in [0.15, 0.2) is 43.5 Å². The molecule has 1 aromatic carbocycles. The maximum absolute atomic E-state index is 13.9. The molecule has 0 spiro atoms. The molecular weight excluding hydrogens is 262 g/mol. The Bertz CT molecular complexity index is 491. The molecule has 1 heterocycles. The number of hydrogen-bond acceptors (Lipinski definition) is 2. The Morgan fingerprint density at radius 2 is 2.00 bits per heavy atom. The minimum Gasteiger partial charge on any atom is -0.345 e. The molecule has 0 radical (unpaired) electrons. The zero-order valence-electron chi connectivity index (χ0n) is 11.3. The highest BCUT2D eigenvalue weighted by Crippen LogP contribution is 2.30. The van der Waals surface area contributed by atoms with Crippen molar-refractivity contribution in [1.82, 2.24) is 0 Å². The molecule has 0 amide bonds. The average molecular weight is 280 g/mol. The van der Waals surface area contributed by atoms with E-state index in [2.05, 4.69) is 13.2 Å². The molecule has 0 aliphatic carbocycles. The second-order valence-electron chi connectivity index (χ2n) is 4.87. The summed E-state index contributed by atoms with van der Waals surface area (Å²) in [6, 6.07) is 4.82. The monoisotopic (exact) mass is 280 g/mol. The van der Waals surface area contributed by atoms with Gasteiger partial charge in [-0.3, -0.25) is 0 Å². The van der Waals surface area contributed by atoms with Crippen molar-refractivity contribution < 1.29 is 18.3 Å². The number of allylic oxidation sites excluding steroid dienone is 1. The molecule has 2 rings (SSSR count). The van der Waals surface area contributed by atoms with Gasteiger partial charge in [-0.05, 0) is 24.5 Å². The summed E-state index contributed by atoms with van der Waals surface area (Å²) in [5.41, 5.74) is -0.495. The Labute approximate surface area is 117 Å². The molecule has 1 aliphatic heterocycles. The first kappa shape index (κ1) is 14.9. The lowest BCUT2D eigenvalue weighted by molar-refractivity contribution is -0.226. The van der Waals surface area contributed by atoms with Crippen molar-refractivity contribution in [3.63, 3.8) is 0 Å². The molecule has 0 aromatic heterocycles. The van der Waals surface area contributed by atoms with E-state index in [1.165, 1.54) is 12.1 Å². The van der Waals surface area contributed by atoms with Crippen molar-refractivity contribution in [3.8, 4) is 0 Å². The minimum atomic E-state index is -1.67. The number of alkyl halides is 1. The van der Waals surface area contributed by atoms with Gasteiger partial charge < -0.3 is 9.47 Å². The number of benzene rings is 1. The van der Waals surface area contributed by atoms with Crippen LogP contribution >= 0.6 is 0 Å². The lowest BCUT2D eigenvalue weighted by atomic mass is 10.0. The quantitative estimate of drug-likeness (QED) is 0.762. The highest BCUT2D eigenvalue weighted by Gasteiger charge is 2.34. The summed E-state index contributed by atoms with van der Waals surface area (Å²) in [4.78, 5) is 0. The first-order valence-electron chi connectivity index (χ1n) is 6.53. The second kappa shape index (κ2) is 6.29. The topological polar surface area (TPSA) is 18.5 Å². The molecule has 4 heteroatoms. The van der Waals surface area contributed by atoms with Gasteiger partial charge >= 0.3 is 0 Å². The van der Waals surface area contributed by atoms with Gasteiger partial charge in [0.1, 0.15) is 5.82 Å². The Morgan fingerprint density at radius 1 is 1.30 bits per heavy atom. The van der Waals surface area contributed by atoms with Crippen LogP contribution < -0.4 is 0 Å². The maximum Gasteiger partial charge on any atom is 0.184 e. The molecule has 2 nitrogen and oxygen atoms in total. The lowest BCUT2D eigenvalue weighted by Crippen LogP contribution is -2.39. The van der Waals surface area contributed by atoms with E-state index in [9.17, 15) is 8.78 Å². The maximum atomic E-state index is 13.9. The standard InChI is InChI=1S/C16H18F2O2/c1-3-5-6-12-7-8-13(9-14(12)17)15-19-10-16(18,4-2)11-20-15/h3-4,7-9,15H,1-2,5-6,10-11H2. The van der Waals surface area contributed by atoms with Crippen LogP contribution in [0.25, 0.3) is 0 Å². The van der Waals surface area contributed by atoms with Crippen molar-refractivity contribution in [2.75, 3.05) is 13.2 Å². The van der Waals surface area contributed by atoms with Crippen LogP contribution in [0.4, 0.5) is 8.78 Å². The normalized spacial score (nSPS) is 26.2. The number of hydrogen-bond donors (Lipinski definition) is 0. The van der Waals surface area contributed by atoms with Crippen LogP contribution in [0, 0.1) is 5.82 Å². The van der Waals surface area contributed by atoms with E-state index in [0.29, 0.717) is 17.5 Å². The van der Waals surface area contributed by atoms with Crippen molar-refractivity contribution in [2.24, 2.45) is 0 Å². The van der Waals surface area contributed by atoms with E-state index < -0.39 is 12.0 Å². The third-order valence-electron chi connectivity index (χ3n) is 3.28. The zero-order chi connectivity index (χ0) is 14.6. The van der Waals surface area contributed by atoms with Gasteiger partial charge in [0.2, 0.25) is 0 Å². The van der Waals surface area contributed by atoms with Gasteiger partial charge in [-0.25, -0.2) is 8.78 Å². The van der Waals surface area contributed by atoms with Crippen LogP contribution in [-0.4, -0.2) is 18.9 Å². The molecule has 1 aromatic rings. The fraction of sp³-hybridized carbons (Fsp3) is 0.375. The van der Waals surface area contributed by atoms with Gasteiger partial charge in [0.05, 0.1) is 13.2 Å². The van der Waals surface area contributed by atoms with Crippen molar-refractivity contribution in [1.29, 1.82) is 0 Å². The SMILES string of the molecule is C=CCCc1ccc(C2OCC(F)(C=C)CO2)cc1F. The van der Waals surface area contributed by atoms with E-state index in [1.807, 2.05) is 0 Å². The Balaban J connectivity index is 2.05. The van der Waals surface area contributed by atoms with Gasteiger partial charge in [0.15, 0.2) is 12.0 Å². The van der Waals surface area contributed by atoms with Gasteiger partial charge in [0.25, 0.3) is 0 Å². The molecule has 1 aliphatic rings. The molecule has 0 unspecified atom stereocenters. The van der Waals surface area contributed by atoms with E-state index in [4.69, 9.17) is 9.47 Å². The summed E-state index contributed by atoms with van der Waals surface area (Å²) < 4.78 is 38.3. The third-order valence-corrected chi connectivity index (χ3v) is 3.28. The predicted molar refractivity (Wildman–Crippen MR) is 73.6 cm³/mol. The Hall–Kier alpha value is -1.52. The van der Waals surface area contributed by atoms with E-state index >= 15 is 0 Å². The van der Waals surface area contributed by atoms with E-state index in [1.54, 1.807) is 18.2 Å². The number of halogens is 2. The molecule has 0 saturated carbocycles. The van der Waals surface area contributed by atoms with Crippen molar-refractivity contribution in [2.45, 2.75) is 24.8 Å². The summed E-state index contributed by atoms with van der Waals surface area (Å²) in [6.07, 6.45) is 3.50. The van der Waals surface area contributed by atoms with Crippen molar-refractivity contribution >= 4 is 0 Å². The van der Waals surface area contributed by atoms with Crippen molar-refractivity contribution in [3.05, 3.63) is 60.5 Å². The number of aryl methyl sites for hydroxylation is 1. The molecule has 0 atom stereocenters. The van der Waals surface area contributed by atoms with Crippen LogP contribution in [0.2, 0.25) is 0 Å². The molecule has 0 bridgehead atoms. The van der Waals surface area contributed by atoms with Crippen LogP contribution in [0.3, 0.4) is 0 Å². The van der Waals surface area contributed by atoms with Crippen LogP contribution in [-0.2, 0) is 15.9 Å². The summed E-state index contributed by atoms with van der Waals surface area (Å²) in [5, 5.41) is 0.